The molecular formula is C26H20N2O5. The van der Waals surface area contributed by atoms with E-state index in [0.717, 1.165) is 5.56 Å². The Hall–Kier alpha value is -4.52. The van der Waals surface area contributed by atoms with Crippen LogP contribution in [0, 0.1) is 6.92 Å². The molecule has 0 radical (unpaired) electrons. The molecule has 0 spiro atoms. The second-order valence-electron chi connectivity index (χ2n) is 7.37. The minimum atomic E-state index is -0.564. The minimum Gasteiger partial charge on any atom is -0.423 e. The van der Waals surface area contributed by atoms with Crippen molar-refractivity contribution in [3.05, 3.63) is 101 Å². The van der Waals surface area contributed by atoms with E-state index in [-0.39, 0.29) is 17.5 Å². The van der Waals surface area contributed by atoms with Crippen LogP contribution in [0.25, 0.3) is 6.08 Å². The largest absolute Gasteiger partial charge is 0.423 e. The van der Waals surface area contributed by atoms with Crippen LogP contribution in [0.15, 0.2) is 83.5 Å². The van der Waals surface area contributed by atoms with Crippen molar-refractivity contribution in [3.8, 4) is 5.75 Å². The maximum absolute atomic E-state index is 12.4. The van der Waals surface area contributed by atoms with Crippen LogP contribution in [0.5, 0.6) is 5.75 Å². The molecule has 3 aromatic carbocycles. The molecule has 1 heterocycles. The number of nitrogens with zero attached hydrogens (tertiary/aromatic N) is 1. The highest BCUT2D eigenvalue weighted by molar-refractivity contribution is 6.13. The van der Waals surface area contributed by atoms with Gasteiger partial charge in [0.2, 0.25) is 11.8 Å². The van der Waals surface area contributed by atoms with E-state index in [2.05, 4.69) is 10.3 Å². The van der Waals surface area contributed by atoms with E-state index in [9.17, 15) is 14.4 Å². The van der Waals surface area contributed by atoms with Gasteiger partial charge in [0.05, 0.1) is 5.56 Å². The highest BCUT2D eigenvalue weighted by atomic mass is 16.6. The molecule has 3 aromatic rings. The van der Waals surface area contributed by atoms with Crippen molar-refractivity contribution in [2.45, 2.75) is 13.8 Å². The summed E-state index contributed by atoms with van der Waals surface area (Å²) in [5, 5.41) is 2.67. The number of carbonyl (C=O) groups excluding carboxylic acids is 3. The van der Waals surface area contributed by atoms with Gasteiger partial charge in [0.1, 0.15) is 5.75 Å². The standard InChI is InChI=1S/C26H20N2O5/c1-16-5-3-4-6-22(16)25(30)32-21-13-7-18(8-14-21)15-23-26(31)33-24(28-23)19-9-11-20(12-10-19)27-17(2)29/h3-15H,1-2H3,(H,27,29)/b23-15-. The first kappa shape index (κ1) is 21.7. The van der Waals surface area contributed by atoms with E-state index in [0.29, 0.717) is 28.1 Å². The summed E-state index contributed by atoms with van der Waals surface area (Å²) in [4.78, 5) is 40.0. The van der Waals surface area contributed by atoms with E-state index < -0.39 is 11.9 Å². The van der Waals surface area contributed by atoms with Crippen LogP contribution in [0.4, 0.5) is 5.69 Å². The smallest absolute Gasteiger partial charge is 0.363 e. The molecule has 0 aromatic heterocycles. The fourth-order valence-corrected chi connectivity index (χ4v) is 3.19. The molecule has 0 aliphatic carbocycles. The van der Waals surface area contributed by atoms with Gasteiger partial charge in [-0.25, -0.2) is 14.6 Å². The molecule has 0 saturated heterocycles. The number of cyclic esters (lactones) is 1. The van der Waals surface area contributed by atoms with Gasteiger partial charge < -0.3 is 14.8 Å². The topological polar surface area (TPSA) is 94.1 Å². The minimum absolute atomic E-state index is 0.153. The summed E-state index contributed by atoms with van der Waals surface area (Å²) in [6.07, 6.45) is 1.59. The zero-order valence-electron chi connectivity index (χ0n) is 18.0. The molecular weight excluding hydrogens is 420 g/mol. The maximum atomic E-state index is 12.4. The molecule has 0 saturated carbocycles. The fourth-order valence-electron chi connectivity index (χ4n) is 3.19. The van der Waals surface area contributed by atoms with Crippen LogP contribution in [0.3, 0.4) is 0 Å². The van der Waals surface area contributed by atoms with Gasteiger partial charge in [0.15, 0.2) is 5.70 Å². The maximum Gasteiger partial charge on any atom is 0.363 e. The van der Waals surface area contributed by atoms with Crippen molar-refractivity contribution < 1.29 is 23.9 Å². The number of ether oxygens (including phenoxy) is 2. The van der Waals surface area contributed by atoms with Crippen LogP contribution < -0.4 is 10.1 Å². The predicted octanol–water partition coefficient (Wildman–Crippen LogP) is 4.52. The Morgan fingerprint density at radius 3 is 2.33 bits per heavy atom. The predicted molar refractivity (Wildman–Crippen MR) is 124 cm³/mol. The normalized spacial score (nSPS) is 13.9. The third-order valence-electron chi connectivity index (χ3n) is 4.83. The number of amides is 1. The summed E-state index contributed by atoms with van der Waals surface area (Å²) >= 11 is 0. The zero-order valence-corrected chi connectivity index (χ0v) is 18.0. The Morgan fingerprint density at radius 2 is 1.67 bits per heavy atom. The molecule has 7 heteroatoms. The van der Waals surface area contributed by atoms with Gasteiger partial charge in [-0.3, -0.25) is 4.79 Å². The van der Waals surface area contributed by atoms with E-state index in [4.69, 9.17) is 9.47 Å². The van der Waals surface area contributed by atoms with Gasteiger partial charge in [-0.1, -0.05) is 30.3 Å². The first-order valence-corrected chi connectivity index (χ1v) is 10.2. The number of aryl methyl sites for hydroxylation is 1. The molecule has 0 bridgehead atoms. The summed E-state index contributed by atoms with van der Waals surface area (Å²) in [5.41, 5.74) is 3.44. The Kier molecular flexibility index (Phi) is 6.13. The first-order valence-electron chi connectivity index (χ1n) is 10.2. The van der Waals surface area contributed by atoms with Crippen molar-refractivity contribution in [3.63, 3.8) is 0 Å². The molecule has 0 atom stereocenters. The number of benzene rings is 3. The number of anilines is 1. The Labute approximate surface area is 190 Å². The van der Waals surface area contributed by atoms with Gasteiger partial charge in [0.25, 0.3) is 0 Å². The molecule has 164 valence electrons. The van der Waals surface area contributed by atoms with E-state index in [1.54, 1.807) is 66.7 Å². The van der Waals surface area contributed by atoms with E-state index >= 15 is 0 Å². The van der Waals surface area contributed by atoms with Gasteiger partial charge in [-0.2, -0.15) is 0 Å². The third kappa shape index (κ3) is 5.22. The number of hydrogen-bond donors (Lipinski definition) is 1. The Morgan fingerprint density at radius 1 is 0.970 bits per heavy atom. The SMILES string of the molecule is CC(=O)Nc1ccc(C2=N/C(=C\c3ccc(OC(=O)c4ccccc4C)cc3)C(=O)O2)cc1. The lowest BCUT2D eigenvalue weighted by atomic mass is 10.1. The average molecular weight is 440 g/mol. The second-order valence-corrected chi connectivity index (χ2v) is 7.37. The number of hydrogen-bond acceptors (Lipinski definition) is 6. The molecule has 0 fully saturated rings. The average Bonchev–Trinajstić information content (AvgIpc) is 3.15. The fraction of sp³-hybridized carbons (Fsp3) is 0.0769. The number of esters is 2. The quantitative estimate of drug-likeness (QED) is 0.358. The summed E-state index contributed by atoms with van der Waals surface area (Å²) in [7, 11) is 0. The number of rotatable bonds is 5. The first-order chi connectivity index (χ1) is 15.9. The van der Waals surface area contributed by atoms with Crippen molar-refractivity contribution in [2.24, 2.45) is 4.99 Å². The number of carbonyl (C=O) groups is 3. The molecule has 33 heavy (non-hydrogen) atoms. The van der Waals surface area contributed by atoms with Crippen molar-refractivity contribution in [2.75, 3.05) is 5.32 Å². The number of aliphatic imine (C=N–C) groups is 1. The van der Waals surface area contributed by atoms with Gasteiger partial charge >= 0.3 is 11.9 Å². The van der Waals surface area contributed by atoms with E-state index in [1.807, 2.05) is 19.1 Å². The summed E-state index contributed by atoms with van der Waals surface area (Å²) < 4.78 is 10.7. The number of nitrogens with one attached hydrogen (secondary N) is 1. The van der Waals surface area contributed by atoms with Crippen molar-refractivity contribution in [1.82, 2.24) is 0 Å². The van der Waals surface area contributed by atoms with Crippen molar-refractivity contribution >= 4 is 35.5 Å². The molecule has 1 aliphatic rings. The van der Waals surface area contributed by atoms with Crippen LogP contribution in [0.2, 0.25) is 0 Å². The van der Waals surface area contributed by atoms with Crippen molar-refractivity contribution in [1.29, 1.82) is 0 Å². The monoisotopic (exact) mass is 440 g/mol. The Balaban J connectivity index is 1.46. The molecule has 0 unspecified atom stereocenters. The molecule has 1 N–H and O–H groups in total. The van der Waals surface area contributed by atoms with Gasteiger partial charge in [-0.05, 0) is 66.6 Å². The molecule has 4 rings (SSSR count). The highest BCUT2D eigenvalue weighted by Gasteiger charge is 2.24. The van der Waals surface area contributed by atoms with Crippen LogP contribution in [0.1, 0.15) is 34.0 Å². The van der Waals surface area contributed by atoms with Crippen LogP contribution in [-0.4, -0.2) is 23.7 Å². The molecule has 1 aliphatic heterocycles. The highest BCUT2D eigenvalue weighted by Crippen LogP contribution is 2.22. The van der Waals surface area contributed by atoms with Gasteiger partial charge in [0, 0.05) is 18.2 Å². The summed E-state index contributed by atoms with van der Waals surface area (Å²) in [6, 6.07) is 20.7. The lowest BCUT2D eigenvalue weighted by Crippen LogP contribution is -2.09. The molecule has 1 amide bonds. The van der Waals surface area contributed by atoms with Crippen LogP contribution in [-0.2, 0) is 14.3 Å². The Bertz CT molecular complexity index is 1290. The second kappa shape index (κ2) is 9.32. The summed E-state index contributed by atoms with van der Waals surface area (Å²) in [5.74, 6) is -0.593. The van der Waals surface area contributed by atoms with Gasteiger partial charge in [-0.15, -0.1) is 0 Å². The third-order valence-corrected chi connectivity index (χ3v) is 4.83. The lowest BCUT2D eigenvalue weighted by Gasteiger charge is -2.06. The zero-order chi connectivity index (χ0) is 23.4. The van der Waals surface area contributed by atoms with E-state index in [1.165, 1.54) is 6.92 Å². The van der Waals surface area contributed by atoms with Crippen LogP contribution >= 0.6 is 0 Å². The molecule has 7 nitrogen and oxygen atoms in total. The summed E-state index contributed by atoms with van der Waals surface area (Å²) in [6.45, 7) is 3.27. The lowest BCUT2D eigenvalue weighted by molar-refractivity contribution is -0.129.